The Morgan fingerprint density at radius 1 is 1.23 bits per heavy atom. The van der Waals surface area contributed by atoms with Crippen LogP contribution in [0.5, 0.6) is 11.5 Å². The normalized spacial score (nSPS) is 29.0. The van der Waals surface area contributed by atoms with Gasteiger partial charge < -0.3 is 23.9 Å². The number of benzene rings is 2. The molecule has 7 rings (SSSR count). The molecule has 2 fully saturated rings. The smallest absolute Gasteiger partial charge is 0.246 e. The van der Waals surface area contributed by atoms with Gasteiger partial charge in [0.2, 0.25) is 15.9 Å². The zero-order valence-electron chi connectivity index (χ0n) is 23.8. The Hall–Kier alpha value is -4.11. The summed E-state index contributed by atoms with van der Waals surface area (Å²) in [5, 5.41) is 22.5. The minimum Gasteiger partial charge on any atom is -0.493 e. The monoisotopic (exact) mass is 601 g/mol. The van der Waals surface area contributed by atoms with Gasteiger partial charge in [0.1, 0.15) is 12.2 Å². The maximum Gasteiger partial charge on any atom is 0.246 e. The summed E-state index contributed by atoms with van der Waals surface area (Å²) in [6, 6.07) is 12.5. The number of nitrogens with zero attached hydrogens (tertiary/aromatic N) is 3. The third-order valence-electron chi connectivity index (χ3n) is 9.99. The van der Waals surface area contributed by atoms with E-state index in [2.05, 4.69) is 0 Å². The molecule has 1 aromatic heterocycles. The molecule has 2 aliphatic carbocycles. The minimum absolute atomic E-state index is 0.0624. The summed E-state index contributed by atoms with van der Waals surface area (Å²) in [6.07, 6.45) is 6.83. The van der Waals surface area contributed by atoms with Crippen LogP contribution in [0.1, 0.15) is 41.5 Å². The first kappa shape index (κ1) is 27.7. The van der Waals surface area contributed by atoms with Crippen molar-refractivity contribution >= 4 is 22.0 Å². The highest BCUT2D eigenvalue weighted by molar-refractivity contribution is 7.89. The average molecular weight is 602 g/mol. The lowest BCUT2D eigenvalue weighted by Gasteiger charge is -2.64. The quantitative estimate of drug-likeness (QED) is 0.426. The van der Waals surface area contributed by atoms with Gasteiger partial charge in [0, 0.05) is 30.8 Å². The van der Waals surface area contributed by atoms with E-state index in [9.17, 15) is 23.6 Å². The molecule has 11 heteroatoms. The maximum atomic E-state index is 14.2. The minimum atomic E-state index is -4.13. The Bertz CT molecular complexity index is 1800. The molecule has 5 atom stereocenters. The average Bonchev–Trinajstić information content (AvgIpc) is 3.65. The summed E-state index contributed by atoms with van der Waals surface area (Å²) in [4.78, 5) is 15.0. The van der Waals surface area contributed by atoms with Crippen LogP contribution in [0.4, 0.5) is 0 Å². The van der Waals surface area contributed by atoms with Gasteiger partial charge in [-0.1, -0.05) is 18.2 Å². The van der Waals surface area contributed by atoms with Crippen molar-refractivity contribution in [1.82, 2.24) is 9.21 Å². The number of rotatable bonds is 6. The summed E-state index contributed by atoms with van der Waals surface area (Å²) in [7, 11) is -0.834. The molecule has 2 aromatic carbocycles. The molecule has 1 amide bonds. The summed E-state index contributed by atoms with van der Waals surface area (Å²) < 4.78 is 47.2. The zero-order chi connectivity index (χ0) is 30.1. The highest BCUT2D eigenvalue weighted by Gasteiger charge is 2.74. The van der Waals surface area contributed by atoms with Gasteiger partial charge in [-0.15, -0.1) is 0 Å². The molecule has 2 aliphatic heterocycles. The molecule has 1 saturated carbocycles. The van der Waals surface area contributed by atoms with Gasteiger partial charge >= 0.3 is 0 Å². The summed E-state index contributed by atoms with van der Waals surface area (Å²) >= 11 is 0. The number of hydrogen-bond acceptors (Lipinski definition) is 8. The Kier molecular flexibility index (Phi) is 6.25. The van der Waals surface area contributed by atoms with E-state index < -0.39 is 39.2 Å². The van der Waals surface area contributed by atoms with E-state index in [1.165, 1.54) is 28.8 Å². The lowest BCUT2D eigenvalue weighted by atomic mass is 9.48. The molecular formula is C32H31N3O7S. The highest BCUT2D eigenvalue weighted by Crippen LogP contribution is 2.66. The lowest BCUT2D eigenvalue weighted by Crippen LogP contribution is -2.78. The predicted octanol–water partition coefficient (Wildman–Crippen LogP) is 3.24. The fraction of sp³-hybridized carbons (Fsp3) is 0.375. The molecule has 3 heterocycles. The predicted molar refractivity (Wildman–Crippen MR) is 155 cm³/mol. The van der Waals surface area contributed by atoms with E-state index in [0.29, 0.717) is 17.9 Å². The number of ether oxygens (including phenoxy) is 2. The number of methoxy groups -OCH3 is 1. The van der Waals surface area contributed by atoms with Crippen molar-refractivity contribution in [2.45, 2.75) is 59.8 Å². The van der Waals surface area contributed by atoms with Crippen LogP contribution < -0.4 is 9.47 Å². The number of likely N-dealkylation sites (N-methyl/N-ethyl adjacent to an activating group) is 1. The number of carbonyl (C=O) groups is 1. The number of sulfonamides is 1. The second-order valence-corrected chi connectivity index (χ2v) is 13.6. The van der Waals surface area contributed by atoms with E-state index in [4.69, 9.17) is 13.9 Å². The van der Waals surface area contributed by atoms with Gasteiger partial charge in [-0.05, 0) is 61.6 Å². The van der Waals surface area contributed by atoms with Crippen LogP contribution in [0.2, 0.25) is 0 Å². The van der Waals surface area contributed by atoms with Crippen molar-refractivity contribution in [3.63, 3.8) is 0 Å². The number of piperidine rings is 1. The first-order valence-electron chi connectivity index (χ1n) is 14.2. The second-order valence-electron chi connectivity index (χ2n) is 11.7. The van der Waals surface area contributed by atoms with Crippen LogP contribution in [0.25, 0.3) is 6.08 Å². The Balaban J connectivity index is 1.33. The fourth-order valence-electron chi connectivity index (χ4n) is 8.04. The van der Waals surface area contributed by atoms with Crippen molar-refractivity contribution < 1.29 is 32.2 Å². The molecule has 10 nitrogen and oxygen atoms in total. The van der Waals surface area contributed by atoms with Crippen molar-refractivity contribution in [2.75, 3.05) is 20.7 Å². The number of hydrogen-bond donors (Lipinski definition) is 1. The molecule has 222 valence electrons. The molecule has 0 unspecified atom stereocenters. The molecule has 2 bridgehead atoms. The van der Waals surface area contributed by atoms with E-state index in [-0.39, 0.29) is 42.2 Å². The Labute approximate surface area is 249 Å². The zero-order valence-corrected chi connectivity index (χ0v) is 24.6. The topological polar surface area (TPSA) is 133 Å². The van der Waals surface area contributed by atoms with Crippen molar-refractivity contribution in [2.24, 2.45) is 0 Å². The van der Waals surface area contributed by atoms with Crippen LogP contribution in [-0.2, 0) is 26.7 Å². The van der Waals surface area contributed by atoms with Crippen molar-refractivity contribution in [3.05, 3.63) is 83.3 Å². The van der Waals surface area contributed by atoms with E-state index in [0.717, 1.165) is 16.7 Å². The van der Waals surface area contributed by atoms with Gasteiger partial charge in [0.15, 0.2) is 11.5 Å². The van der Waals surface area contributed by atoms with Crippen LogP contribution >= 0.6 is 0 Å². The third-order valence-corrected chi connectivity index (χ3v) is 12.0. The van der Waals surface area contributed by atoms with Gasteiger partial charge in [-0.25, -0.2) is 8.42 Å². The molecule has 1 saturated heterocycles. The largest absolute Gasteiger partial charge is 0.493 e. The van der Waals surface area contributed by atoms with Crippen molar-refractivity contribution in [1.29, 1.82) is 5.26 Å². The Morgan fingerprint density at radius 2 is 2.05 bits per heavy atom. The Morgan fingerprint density at radius 3 is 2.79 bits per heavy atom. The van der Waals surface area contributed by atoms with Crippen LogP contribution in [0.3, 0.4) is 0 Å². The molecule has 1 spiro atoms. The van der Waals surface area contributed by atoms with Gasteiger partial charge in [0.05, 0.1) is 53.2 Å². The lowest BCUT2D eigenvalue weighted by molar-refractivity contribution is -0.186. The number of amides is 1. The highest BCUT2D eigenvalue weighted by atomic mass is 32.2. The summed E-state index contributed by atoms with van der Waals surface area (Å²) in [5.41, 5.74) is 0.107. The molecule has 3 aromatic rings. The first-order valence-corrected chi connectivity index (χ1v) is 15.7. The molecular weight excluding hydrogens is 570 g/mol. The number of nitriles is 1. The third kappa shape index (κ3) is 3.70. The summed E-state index contributed by atoms with van der Waals surface area (Å²) in [5.74, 6) is 0.865. The number of carbonyl (C=O) groups excluding carboxylic acids is 1. The van der Waals surface area contributed by atoms with Crippen LogP contribution in [-0.4, -0.2) is 73.1 Å². The maximum absolute atomic E-state index is 14.2. The molecule has 43 heavy (non-hydrogen) atoms. The van der Waals surface area contributed by atoms with Crippen LogP contribution in [0, 0.1) is 11.3 Å². The van der Waals surface area contributed by atoms with Gasteiger partial charge in [0.25, 0.3) is 0 Å². The van der Waals surface area contributed by atoms with Gasteiger partial charge in [-0.3, -0.25) is 4.79 Å². The van der Waals surface area contributed by atoms with E-state index in [1.807, 2.05) is 18.2 Å². The molecule has 1 N–H and O–H groups in total. The number of aliphatic hydroxyl groups is 1. The fourth-order valence-corrected chi connectivity index (χ4v) is 9.85. The standard InChI is InChI=1S/C32H31N3O7S/c1-34(27(36)10-7-20-12-16-41-19-20)23-11-13-32(37)26-17-21-8-9-24(40-2)29-28(21)31(32,30(23)42-29)14-15-35(26)43(38,39)25-6-4-3-5-22(25)18-33/h3-10,12,16,19,23,26,30,37H,11,13-15,17H2,1-2H3/b10-7-/t23-,26-,30+,31+,32-/m1/s1. The summed E-state index contributed by atoms with van der Waals surface area (Å²) in [6.45, 7) is 0.121. The molecule has 0 radical (unpaired) electrons. The van der Waals surface area contributed by atoms with E-state index in [1.54, 1.807) is 49.6 Å². The van der Waals surface area contributed by atoms with E-state index >= 15 is 0 Å². The second kappa shape index (κ2) is 9.71. The van der Waals surface area contributed by atoms with Gasteiger partial charge in [-0.2, -0.15) is 9.57 Å². The first-order chi connectivity index (χ1) is 20.7. The number of furan rings is 1. The van der Waals surface area contributed by atoms with Crippen LogP contribution in [0.15, 0.2) is 70.4 Å². The molecule has 4 aliphatic rings. The van der Waals surface area contributed by atoms with Crippen molar-refractivity contribution in [3.8, 4) is 17.6 Å². The SMILES string of the molecule is COc1ccc2c3c1O[C@H]1[C@H](N(C)C(=O)/C=C\c4ccoc4)CC[C@@]4(O)[C@@H](C2)N(S(=O)(=O)c2ccccc2C#N)CC[C@]314.